The highest BCUT2D eigenvalue weighted by molar-refractivity contribution is 7.25. The molecule has 0 aliphatic heterocycles. The molecule has 0 unspecified atom stereocenters. The molecule has 11 aromatic rings. The molecule has 10 aromatic carbocycles. The van der Waals surface area contributed by atoms with Crippen LogP contribution in [-0.2, 0) is 5.41 Å². The van der Waals surface area contributed by atoms with Gasteiger partial charge < -0.3 is 4.90 Å². The molecule has 1 aliphatic carbocycles. The summed E-state index contributed by atoms with van der Waals surface area (Å²) in [5, 5.41) is 2.62. The third-order valence-electron chi connectivity index (χ3n) is 13.5. The Balaban J connectivity index is 1.07. The van der Waals surface area contributed by atoms with Gasteiger partial charge in [-0.15, -0.1) is 11.3 Å². The number of rotatable bonds is 8. The summed E-state index contributed by atoms with van der Waals surface area (Å²) in [5.74, 6) is 0. The van der Waals surface area contributed by atoms with Crippen LogP contribution in [0.5, 0.6) is 0 Å². The van der Waals surface area contributed by atoms with Crippen LogP contribution >= 0.6 is 11.3 Å². The molecule has 0 fully saturated rings. The second-order valence-corrected chi connectivity index (χ2v) is 18.7. The highest BCUT2D eigenvalue weighted by atomic mass is 32.1. The number of benzene rings is 10. The SMILES string of the molecule is CC1(C)c2ccccc2-c2c(-c3ccccc3N(c3ccc(-c4ccc5sc6ccccc6c5c4)cc3)c3ccccc3-c3ccccc3-c3ccccc3-c3ccccc3)cccc21. The molecule has 0 bridgehead atoms. The van der Waals surface area contributed by atoms with Gasteiger partial charge in [0.1, 0.15) is 0 Å². The zero-order valence-electron chi connectivity index (χ0n) is 36.4. The maximum atomic E-state index is 2.50. The molecule has 0 radical (unpaired) electrons. The Morgan fingerprint density at radius 2 is 0.815 bits per heavy atom. The Morgan fingerprint density at radius 1 is 0.323 bits per heavy atom. The van der Waals surface area contributed by atoms with Crippen LogP contribution in [0.3, 0.4) is 0 Å². The summed E-state index contributed by atoms with van der Waals surface area (Å²) in [6, 6.07) is 87.2. The topological polar surface area (TPSA) is 3.24 Å². The fraction of sp³-hybridized carbons (Fsp3) is 0.0476. The van der Waals surface area contributed by atoms with Gasteiger partial charge in [0.05, 0.1) is 11.4 Å². The van der Waals surface area contributed by atoms with Gasteiger partial charge in [-0.1, -0.05) is 208 Å². The van der Waals surface area contributed by atoms with Gasteiger partial charge in [-0.3, -0.25) is 0 Å². The van der Waals surface area contributed by atoms with Gasteiger partial charge in [0.2, 0.25) is 0 Å². The summed E-state index contributed by atoms with van der Waals surface area (Å²) in [4.78, 5) is 2.50. The lowest BCUT2D eigenvalue weighted by Crippen LogP contribution is -2.15. The third kappa shape index (κ3) is 6.52. The zero-order valence-corrected chi connectivity index (χ0v) is 37.2. The highest BCUT2D eigenvalue weighted by Gasteiger charge is 2.37. The van der Waals surface area contributed by atoms with Crippen molar-refractivity contribution in [1.29, 1.82) is 0 Å². The number of hydrogen-bond acceptors (Lipinski definition) is 2. The van der Waals surface area contributed by atoms with Gasteiger partial charge >= 0.3 is 0 Å². The number of nitrogens with zero attached hydrogens (tertiary/aromatic N) is 1. The monoisotopic (exact) mass is 847 g/mol. The Labute approximate surface area is 385 Å². The lowest BCUT2D eigenvalue weighted by Gasteiger charge is -2.31. The van der Waals surface area contributed by atoms with E-state index in [1.54, 1.807) is 0 Å². The van der Waals surface area contributed by atoms with Crippen molar-refractivity contribution < 1.29 is 0 Å². The van der Waals surface area contributed by atoms with Gasteiger partial charge in [-0.05, 0) is 109 Å². The number of fused-ring (bicyclic) bond motifs is 6. The van der Waals surface area contributed by atoms with Crippen molar-refractivity contribution in [3.63, 3.8) is 0 Å². The fourth-order valence-corrected chi connectivity index (χ4v) is 11.5. The number of anilines is 3. The molecule has 1 aromatic heterocycles. The molecular weight excluding hydrogens is 803 g/mol. The largest absolute Gasteiger partial charge is 0.309 e. The minimum Gasteiger partial charge on any atom is -0.309 e. The number of thiophene rings is 1. The molecule has 0 atom stereocenters. The molecule has 0 spiro atoms. The molecule has 0 amide bonds. The Hall–Kier alpha value is -7.78. The first-order chi connectivity index (χ1) is 32.0. The Bertz CT molecular complexity index is 3580. The van der Waals surface area contributed by atoms with Crippen molar-refractivity contribution in [3.8, 4) is 66.8 Å². The van der Waals surface area contributed by atoms with E-state index < -0.39 is 0 Å². The van der Waals surface area contributed by atoms with Crippen LogP contribution in [0.1, 0.15) is 25.0 Å². The van der Waals surface area contributed by atoms with Crippen LogP contribution in [0.15, 0.2) is 237 Å². The molecule has 1 aliphatic rings. The van der Waals surface area contributed by atoms with Gasteiger partial charge in [-0.25, -0.2) is 0 Å². The summed E-state index contributed by atoms with van der Waals surface area (Å²) in [6.07, 6.45) is 0. The average Bonchev–Trinajstić information content (AvgIpc) is 3.86. The van der Waals surface area contributed by atoms with Crippen molar-refractivity contribution in [1.82, 2.24) is 0 Å². The van der Waals surface area contributed by atoms with E-state index >= 15 is 0 Å². The van der Waals surface area contributed by atoms with Crippen molar-refractivity contribution in [3.05, 3.63) is 248 Å². The Morgan fingerprint density at radius 3 is 1.54 bits per heavy atom. The summed E-state index contributed by atoms with van der Waals surface area (Å²) in [6.45, 7) is 4.73. The van der Waals surface area contributed by atoms with Crippen LogP contribution < -0.4 is 4.90 Å². The summed E-state index contributed by atoms with van der Waals surface area (Å²) in [5.41, 5.74) is 20.6. The van der Waals surface area contributed by atoms with Crippen LogP contribution in [0.4, 0.5) is 17.1 Å². The molecular formula is C63H45NS. The molecule has 0 saturated carbocycles. The van der Waals surface area contributed by atoms with Crippen molar-refractivity contribution >= 4 is 48.6 Å². The molecule has 12 rings (SSSR count). The van der Waals surface area contributed by atoms with E-state index in [1.165, 1.54) is 92.5 Å². The lowest BCUT2D eigenvalue weighted by molar-refractivity contribution is 0.660. The maximum Gasteiger partial charge on any atom is 0.0540 e. The summed E-state index contributed by atoms with van der Waals surface area (Å²) in [7, 11) is 0. The Kier molecular flexibility index (Phi) is 9.44. The summed E-state index contributed by atoms with van der Waals surface area (Å²) < 4.78 is 2.64. The van der Waals surface area contributed by atoms with Crippen LogP contribution in [0, 0.1) is 0 Å². The fourth-order valence-electron chi connectivity index (χ4n) is 10.4. The predicted molar refractivity (Wildman–Crippen MR) is 279 cm³/mol. The van der Waals surface area contributed by atoms with Crippen molar-refractivity contribution in [2.45, 2.75) is 19.3 Å². The molecule has 65 heavy (non-hydrogen) atoms. The van der Waals surface area contributed by atoms with Crippen LogP contribution in [0.25, 0.3) is 86.9 Å². The van der Waals surface area contributed by atoms with Crippen LogP contribution in [0.2, 0.25) is 0 Å². The normalized spacial score (nSPS) is 12.6. The first-order valence-electron chi connectivity index (χ1n) is 22.5. The molecule has 1 heterocycles. The maximum absolute atomic E-state index is 2.50. The van der Waals surface area contributed by atoms with E-state index in [9.17, 15) is 0 Å². The van der Waals surface area contributed by atoms with E-state index in [1.807, 2.05) is 11.3 Å². The highest BCUT2D eigenvalue weighted by Crippen LogP contribution is 2.54. The minimum atomic E-state index is -0.114. The molecule has 0 saturated heterocycles. The zero-order chi connectivity index (χ0) is 43.5. The van der Waals surface area contributed by atoms with Gasteiger partial charge in [0.15, 0.2) is 0 Å². The number of hydrogen-bond donors (Lipinski definition) is 0. The minimum absolute atomic E-state index is 0.114. The lowest BCUT2D eigenvalue weighted by atomic mass is 9.82. The summed E-state index contributed by atoms with van der Waals surface area (Å²) >= 11 is 1.86. The molecule has 2 heteroatoms. The standard InChI is InChI=1S/C63H45NS/c1-63(2)56-30-14-10-28-54(56)62-53(29-18-31-57(62)63)51-26-12-16-33-59(51)64(45-38-35-42(36-39-45)44-37-40-61-55(41-44)52-27-13-17-34-60(52)65-61)58-32-15-11-25-50(58)49-24-9-8-23-48(49)47-22-7-6-21-46(47)43-19-4-3-5-20-43/h3-41H,1-2H3. The average molecular weight is 848 g/mol. The van der Waals surface area contributed by atoms with E-state index in [0.29, 0.717) is 0 Å². The van der Waals surface area contributed by atoms with Crippen LogP contribution in [-0.4, -0.2) is 0 Å². The van der Waals surface area contributed by atoms with E-state index in [4.69, 9.17) is 0 Å². The van der Waals surface area contributed by atoms with E-state index in [-0.39, 0.29) is 5.41 Å². The van der Waals surface area contributed by atoms with Gasteiger partial charge in [0, 0.05) is 42.4 Å². The van der Waals surface area contributed by atoms with Crippen molar-refractivity contribution in [2.24, 2.45) is 0 Å². The second kappa shape index (κ2) is 15.8. The first-order valence-corrected chi connectivity index (χ1v) is 23.3. The van der Waals surface area contributed by atoms with E-state index in [0.717, 1.165) is 22.6 Å². The molecule has 1 nitrogen and oxygen atoms in total. The smallest absolute Gasteiger partial charge is 0.0540 e. The predicted octanol–water partition coefficient (Wildman–Crippen LogP) is 18.2. The first kappa shape index (κ1) is 38.9. The molecule has 0 N–H and O–H groups in total. The second-order valence-electron chi connectivity index (χ2n) is 17.6. The van der Waals surface area contributed by atoms with Gasteiger partial charge in [-0.2, -0.15) is 0 Å². The van der Waals surface area contributed by atoms with E-state index in [2.05, 4.69) is 255 Å². The third-order valence-corrected chi connectivity index (χ3v) is 14.7. The molecule has 308 valence electrons. The number of para-hydroxylation sites is 2. The van der Waals surface area contributed by atoms with Gasteiger partial charge in [0.25, 0.3) is 0 Å². The van der Waals surface area contributed by atoms with Crippen molar-refractivity contribution in [2.75, 3.05) is 4.90 Å². The quantitative estimate of drug-likeness (QED) is 0.147.